The molecule has 0 aliphatic rings. The van der Waals surface area contributed by atoms with Crippen molar-refractivity contribution in [2.45, 2.75) is 167 Å². The summed E-state index contributed by atoms with van der Waals surface area (Å²) in [7, 11) is -4.40. The number of allylic oxidation sites excluding steroid dienone is 5. The number of aliphatic hydroxyl groups is 2. The molecule has 4 atom stereocenters. The fourth-order valence-corrected chi connectivity index (χ4v) is 5.73. The molecule has 0 radical (unpaired) electrons. The summed E-state index contributed by atoms with van der Waals surface area (Å²) in [4.78, 5) is 22.6. The maximum absolute atomic E-state index is 12.7. The van der Waals surface area contributed by atoms with Crippen LogP contribution in [-0.4, -0.2) is 59.0 Å². The van der Waals surface area contributed by atoms with Crippen LogP contribution in [0.15, 0.2) is 36.5 Å². The van der Waals surface area contributed by atoms with Gasteiger partial charge in [-0.25, -0.2) is 4.57 Å². The molecule has 46 heavy (non-hydrogen) atoms. The molecule has 0 aliphatic carbocycles. The van der Waals surface area contributed by atoms with Crippen LogP contribution in [0.5, 0.6) is 0 Å². The minimum Gasteiger partial charge on any atom is -0.393 e. The second-order valence-electron chi connectivity index (χ2n) is 12.3. The largest absolute Gasteiger partial charge is 0.472 e. The van der Waals surface area contributed by atoms with Gasteiger partial charge in [-0.05, 0) is 44.9 Å². The molecule has 0 aromatic carbocycles. The number of rotatable bonds is 33. The zero-order valence-corrected chi connectivity index (χ0v) is 30.1. The second-order valence-corrected chi connectivity index (χ2v) is 13.7. The Hall–Kier alpha value is -1.32. The van der Waals surface area contributed by atoms with Crippen LogP contribution in [-0.2, 0) is 18.4 Å². The Balaban J connectivity index is 4.56. The fraction of sp³-hybridized carbons (Fsp3) is 0.806. The van der Waals surface area contributed by atoms with E-state index in [9.17, 15) is 24.5 Å². The summed E-state index contributed by atoms with van der Waals surface area (Å²) in [5.74, 6) is -0.463. The molecular formula is C36H69N2O7P. The van der Waals surface area contributed by atoms with E-state index in [1.807, 2.05) is 6.08 Å². The van der Waals surface area contributed by atoms with Crippen LogP contribution in [0.25, 0.3) is 0 Å². The van der Waals surface area contributed by atoms with E-state index < -0.39 is 38.6 Å². The Morgan fingerprint density at radius 2 is 1.24 bits per heavy atom. The summed E-state index contributed by atoms with van der Waals surface area (Å²) < 4.78 is 21.9. The lowest BCUT2D eigenvalue weighted by Gasteiger charge is -2.24. The van der Waals surface area contributed by atoms with Gasteiger partial charge in [-0.15, -0.1) is 0 Å². The van der Waals surface area contributed by atoms with Gasteiger partial charge in [0.25, 0.3) is 0 Å². The zero-order chi connectivity index (χ0) is 34.1. The van der Waals surface area contributed by atoms with Crippen LogP contribution in [0, 0.1) is 0 Å². The maximum Gasteiger partial charge on any atom is 0.472 e. The number of phosphoric ester groups is 1. The minimum absolute atomic E-state index is 0.0423. The number of unbranched alkanes of at least 4 members (excludes halogenated alkanes) is 15. The highest BCUT2D eigenvalue weighted by atomic mass is 31.2. The number of phosphoric acid groups is 1. The van der Waals surface area contributed by atoms with Gasteiger partial charge >= 0.3 is 7.82 Å². The molecule has 9 nitrogen and oxygen atoms in total. The van der Waals surface area contributed by atoms with Crippen molar-refractivity contribution >= 4 is 13.7 Å². The third kappa shape index (κ3) is 30.0. The van der Waals surface area contributed by atoms with E-state index in [1.54, 1.807) is 6.08 Å². The molecular weight excluding hydrogens is 603 g/mol. The zero-order valence-electron chi connectivity index (χ0n) is 29.2. The van der Waals surface area contributed by atoms with Gasteiger partial charge in [-0.1, -0.05) is 134 Å². The van der Waals surface area contributed by atoms with Crippen molar-refractivity contribution in [1.29, 1.82) is 0 Å². The van der Waals surface area contributed by atoms with Crippen molar-refractivity contribution in [2.24, 2.45) is 5.73 Å². The monoisotopic (exact) mass is 672 g/mol. The van der Waals surface area contributed by atoms with Crippen molar-refractivity contribution in [1.82, 2.24) is 5.32 Å². The number of nitrogens with two attached hydrogens (primary N) is 1. The van der Waals surface area contributed by atoms with Crippen LogP contribution in [0.4, 0.5) is 0 Å². The molecule has 0 aliphatic heterocycles. The molecule has 10 heteroatoms. The molecule has 0 fully saturated rings. The van der Waals surface area contributed by atoms with E-state index in [0.717, 1.165) is 44.9 Å². The molecule has 1 amide bonds. The Morgan fingerprint density at radius 1 is 0.739 bits per heavy atom. The van der Waals surface area contributed by atoms with Crippen molar-refractivity contribution < 1.29 is 33.5 Å². The topological polar surface area (TPSA) is 151 Å². The van der Waals surface area contributed by atoms with Crippen LogP contribution >= 0.6 is 7.82 Å². The first kappa shape index (κ1) is 44.7. The van der Waals surface area contributed by atoms with E-state index in [0.29, 0.717) is 12.8 Å². The third-order valence-corrected chi connectivity index (χ3v) is 8.74. The lowest BCUT2D eigenvalue weighted by Crippen LogP contribution is -2.46. The highest BCUT2D eigenvalue weighted by Gasteiger charge is 2.27. The highest BCUT2D eigenvalue weighted by molar-refractivity contribution is 7.47. The number of aliphatic hydroxyl groups excluding tert-OH is 2. The van der Waals surface area contributed by atoms with Crippen molar-refractivity contribution in [3.63, 3.8) is 0 Å². The summed E-state index contributed by atoms with van der Waals surface area (Å²) in [5.41, 5.74) is 5.33. The van der Waals surface area contributed by atoms with E-state index in [2.05, 4.69) is 43.5 Å². The van der Waals surface area contributed by atoms with Crippen molar-refractivity contribution in [2.75, 3.05) is 19.8 Å². The fourth-order valence-electron chi connectivity index (χ4n) is 4.97. The van der Waals surface area contributed by atoms with E-state index >= 15 is 0 Å². The average molecular weight is 673 g/mol. The number of hydrogen-bond acceptors (Lipinski definition) is 7. The Kier molecular flexibility index (Phi) is 31.3. The Morgan fingerprint density at radius 3 is 1.80 bits per heavy atom. The van der Waals surface area contributed by atoms with Gasteiger partial charge in [0.2, 0.25) is 5.91 Å². The molecule has 0 aromatic heterocycles. The van der Waals surface area contributed by atoms with Gasteiger partial charge in [-0.3, -0.25) is 13.8 Å². The molecule has 0 saturated heterocycles. The minimum atomic E-state index is -4.40. The number of carbonyl (C=O) groups is 1. The predicted octanol–water partition coefficient (Wildman–Crippen LogP) is 8.19. The maximum atomic E-state index is 12.7. The molecule has 4 unspecified atom stereocenters. The van der Waals surface area contributed by atoms with E-state index in [-0.39, 0.29) is 19.6 Å². The molecule has 0 saturated carbocycles. The van der Waals surface area contributed by atoms with Crippen LogP contribution in [0.2, 0.25) is 0 Å². The molecule has 6 N–H and O–H groups in total. The number of carbonyl (C=O) groups excluding carboxylic acids is 1. The first-order valence-corrected chi connectivity index (χ1v) is 19.7. The van der Waals surface area contributed by atoms with Gasteiger partial charge < -0.3 is 26.2 Å². The SMILES string of the molecule is CCCCC/C=C/CC/C=C/CC/C=C/C(O)C(COP(=O)(O)OCCN)NC(=O)CC(O)CCCCCCCCCCCCC. The van der Waals surface area contributed by atoms with Gasteiger partial charge in [-0.2, -0.15) is 0 Å². The van der Waals surface area contributed by atoms with Crippen molar-refractivity contribution in [3.05, 3.63) is 36.5 Å². The Bertz CT molecular complexity index is 837. The molecule has 0 bridgehead atoms. The van der Waals surface area contributed by atoms with Crippen molar-refractivity contribution in [3.8, 4) is 0 Å². The highest BCUT2D eigenvalue weighted by Crippen LogP contribution is 2.43. The predicted molar refractivity (Wildman–Crippen MR) is 190 cm³/mol. The van der Waals surface area contributed by atoms with Crippen LogP contribution < -0.4 is 11.1 Å². The summed E-state index contributed by atoms with van der Waals surface area (Å²) in [6.07, 6.45) is 32.3. The summed E-state index contributed by atoms with van der Waals surface area (Å²) in [6, 6.07) is -1.00. The molecule has 0 spiro atoms. The van der Waals surface area contributed by atoms with Crippen LogP contribution in [0.1, 0.15) is 149 Å². The van der Waals surface area contributed by atoms with E-state index in [4.69, 9.17) is 14.8 Å². The number of hydrogen-bond donors (Lipinski definition) is 5. The molecule has 0 aromatic rings. The van der Waals surface area contributed by atoms with Gasteiger partial charge in [0.1, 0.15) is 0 Å². The van der Waals surface area contributed by atoms with Crippen LogP contribution in [0.3, 0.4) is 0 Å². The number of amides is 1. The quantitative estimate of drug-likeness (QED) is 0.0266. The standard InChI is InChI=1S/C36H69N2O7P/c1-3-5-7-9-11-13-15-16-18-20-22-24-26-28-35(40)34(32-45-46(42,43)44-30-29-37)38-36(41)31-33(39)27-25-23-21-19-17-14-12-10-8-6-4-2/h11,13,18,20,26,28,33-35,39-40H,3-10,12,14-17,19,21-25,27,29-32,37H2,1-2H3,(H,38,41)(H,42,43)/b13-11+,20-18+,28-26+. The first-order valence-electron chi connectivity index (χ1n) is 18.2. The summed E-state index contributed by atoms with van der Waals surface area (Å²) in [6.45, 7) is 3.87. The van der Waals surface area contributed by atoms with Gasteiger partial charge in [0.15, 0.2) is 0 Å². The van der Waals surface area contributed by atoms with Gasteiger partial charge in [0, 0.05) is 6.54 Å². The summed E-state index contributed by atoms with van der Waals surface area (Å²) in [5, 5.41) is 23.8. The van der Waals surface area contributed by atoms with E-state index in [1.165, 1.54) is 70.6 Å². The summed E-state index contributed by atoms with van der Waals surface area (Å²) >= 11 is 0. The lowest BCUT2D eigenvalue weighted by atomic mass is 10.0. The lowest BCUT2D eigenvalue weighted by molar-refractivity contribution is -0.124. The first-order chi connectivity index (χ1) is 22.3. The molecule has 270 valence electrons. The molecule has 0 heterocycles. The molecule has 0 rings (SSSR count). The number of nitrogens with one attached hydrogen (secondary N) is 1. The normalized spacial score (nSPS) is 15.5. The Labute approximate surface area is 281 Å². The average Bonchev–Trinajstić information content (AvgIpc) is 3.03. The second kappa shape index (κ2) is 32.2. The smallest absolute Gasteiger partial charge is 0.393 e. The third-order valence-electron chi connectivity index (χ3n) is 7.75. The van der Waals surface area contributed by atoms with Gasteiger partial charge in [0.05, 0.1) is 37.9 Å².